The summed E-state index contributed by atoms with van der Waals surface area (Å²) in [6.45, 7) is 2.47. The van der Waals surface area contributed by atoms with E-state index >= 15 is 0 Å². The van der Waals surface area contributed by atoms with Crippen LogP contribution in [0.5, 0.6) is 0 Å². The van der Waals surface area contributed by atoms with Gasteiger partial charge in [-0.2, -0.15) is 13.2 Å². The lowest BCUT2D eigenvalue weighted by molar-refractivity contribution is -0.191. The number of aryl methyl sites for hydroxylation is 1. The predicted molar refractivity (Wildman–Crippen MR) is 73.3 cm³/mol. The molecule has 0 spiro atoms. The number of rotatable bonds is 3. The normalized spacial score (nSPS) is 20.1. The Balaban J connectivity index is 2.26. The van der Waals surface area contributed by atoms with Gasteiger partial charge in [-0.15, -0.1) is 0 Å². The van der Waals surface area contributed by atoms with Crippen LogP contribution in [0, 0.1) is 0 Å². The Morgan fingerprint density at radius 3 is 2.50 bits per heavy atom. The first-order chi connectivity index (χ1) is 9.43. The molecule has 2 nitrogen and oxygen atoms in total. The summed E-state index contributed by atoms with van der Waals surface area (Å²) in [6.07, 6.45) is -2.39. The maximum Gasteiger partial charge on any atom is 0.405 e. The minimum absolute atomic E-state index is 0.322. The Morgan fingerprint density at radius 1 is 1.25 bits per heavy atom. The fourth-order valence-electron chi connectivity index (χ4n) is 2.91. The van der Waals surface area contributed by atoms with Crippen LogP contribution in [0.15, 0.2) is 24.3 Å². The van der Waals surface area contributed by atoms with E-state index in [-0.39, 0.29) is 0 Å². The highest BCUT2D eigenvalue weighted by atomic mass is 19.4. The Hall–Kier alpha value is -1.07. The Kier molecular flexibility index (Phi) is 4.70. The number of hydrogen-bond acceptors (Lipinski definition) is 2. The molecule has 0 saturated carbocycles. The quantitative estimate of drug-likeness (QED) is 0.925. The molecule has 112 valence electrons. The summed E-state index contributed by atoms with van der Waals surface area (Å²) in [7, 11) is 0. The highest BCUT2D eigenvalue weighted by Gasteiger charge is 2.46. The van der Waals surface area contributed by atoms with Crippen LogP contribution in [0.25, 0.3) is 0 Å². The molecule has 0 saturated heterocycles. The van der Waals surface area contributed by atoms with E-state index in [0.717, 1.165) is 24.0 Å². The monoisotopic (exact) mass is 286 g/mol. The average molecular weight is 286 g/mol. The first kappa shape index (κ1) is 15.3. The molecular weight excluding hydrogens is 265 g/mol. The van der Waals surface area contributed by atoms with E-state index in [1.54, 1.807) is 6.92 Å². The molecule has 1 aliphatic rings. The number of halogens is 3. The summed E-state index contributed by atoms with van der Waals surface area (Å²) in [4.78, 5) is 1.50. The fourth-order valence-corrected chi connectivity index (χ4v) is 2.91. The molecule has 1 aromatic rings. The molecule has 0 amide bonds. The van der Waals surface area contributed by atoms with Crippen molar-refractivity contribution >= 4 is 0 Å². The Bertz CT molecular complexity index is 445. The van der Waals surface area contributed by atoms with Gasteiger partial charge in [0.25, 0.3) is 0 Å². The van der Waals surface area contributed by atoms with Gasteiger partial charge in [-0.25, -0.2) is 0 Å². The lowest BCUT2D eigenvalue weighted by Gasteiger charge is -2.35. The van der Waals surface area contributed by atoms with E-state index in [1.165, 1.54) is 4.90 Å². The van der Waals surface area contributed by atoms with Crippen molar-refractivity contribution in [1.29, 1.82) is 0 Å². The van der Waals surface area contributed by atoms with Crippen molar-refractivity contribution in [2.45, 2.75) is 51.0 Å². The van der Waals surface area contributed by atoms with Gasteiger partial charge in [0, 0.05) is 12.6 Å². The molecular formula is C15H21F3N2. The van der Waals surface area contributed by atoms with E-state index in [9.17, 15) is 13.2 Å². The summed E-state index contributed by atoms with van der Waals surface area (Å²) in [5.74, 6) is 0. The van der Waals surface area contributed by atoms with Gasteiger partial charge in [0.1, 0.15) is 6.04 Å². The van der Waals surface area contributed by atoms with E-state index in [4.69, 9.17) is 5.73 Å². The smallest absolute Gasteiger partial charge is 0.326 e. The molecule has 1 aromatic carbocycles. The van der Waals surface area contributed by atoms with Crippen molar-refractivity contribution in [2.24, 2.45) is 5.73 Å². The lowest BCUT2D eigenvalue weighted by atomic mass is 10.0. The van der Waals surface area contributed by atoms with E-state index in [1.807, 2.05) is 24.3 Å². The largest absolute Gasteiger partial charge is 0.405 e. The molecule has 5 heteroatoms. The second-order valence-corrected chi connectivity index (χ2v) is 5.40. The van der Waals surface area contributed by atoms with Crippen LogP contribution in [0.2, 0.25) is 0 Å². The third-order valence-corrected chi connectivity index (χ3v) is 3.99. The van der Waals surface area contributed by atoms with Gasteiger partial charge in [-0.1, -0.05) is 31.2 Å². The third-order valence-electron chi connectivity index (χ3n) is 3.99. The summed E-state index contributed by atoms with van der Waals surface area (Å²) in [5, 5.41) is 0. The van der Waals surface area contributed by atoms with Crippen molar-refractivity contribution < 1.29 is 13.2 Å². The van der Waals surface area contributed by atoms with Crippen molar-refractivity contribution in [3.05, 3.63) is 35.4 Å². The number of nitrogens with two attached hydrogens (primary N) is 1. The zero-order valence-corrected chi connectivity index (χ0v) is 11.7. The molecule has 1 aliphatic heterocycles. The van der Waals surface area contributed by atoms with Gasteiger partial charge in [0.2, 0.25) is 0 Å². The van der Waals surface area contributed by atoms with Crippen LogP contribution in [-0.2, 0) is 13.0 Å². The van der Waals surface area contributed by atoms with Gasteiger partial charge in [-0.05, 0) is 36.9 Å². The molecule has 0 aliphatic carbocycles. The highest BCUT2D eigenvalue weighted by Crippen LogP contribution is 2.31. The van der Waals surface area contributed by atoms with Crippen molar-refractivity contribution in [3.63, 3.8) is 0 Å². The molecule has 0 radical (unpaired) electrons. The third kappa shape index (κ3) is 3.33. The van der Waals surface area contributed by atoms with Crippen molar-refractivity contribution in [1.82, 2.24) is 4.90 Å². The molecule has 2 rings (SSSR count). The fraction of sp³-hybridized carbons (Fsp3) is 0.600. The zero-order chi connectivity index (χ0) is 14.8. The topological polar surface area (TPSA) is 29.3 Å². The number of hydrogen-bond donors (Lipinski definition) is 1. The summed E-state index contributed by atoms with van der Waals surface area (Å²) < 4.78 is 40.0. The first-order valence-corrected chi connectivity index (χ1v) is 7.06. The molecule has 2 unspecified atom stereocenters. The van der Waals surface area contributed by atoms with Crippen LogP contribution < -0.4 is 5.73 Å². The van der Waals surface area contributed by atoms with Crippen LogP contribution in [0.1, 0.15) is 30.9 Å². The van der Waals surface area contributed by atoms with Crippen LogP contribution in [-0.4, -0.2) is 29.7 Å². The van der Waals surface area contributed by atoms with Crippen molar-refractivity contribution in [3.8, 4) is 0 Å². The zero-order valence-electron chi connectivity index (χ0n) is 11.7. The molecule has 2 atom stereocenters. The van der Waals surface area contributed by atoms with Crippen molar-refractivity contribution in [2.75, 3.05) is 6.54 Å². The van der Waals surface area contributed by atoms with Crippen LogP contribution >= 0.6 is 0 Å². The number of benzene rings is 1. The lowest BCUT2D eigenvalue weighted by Crippen LogP contribution is -2.55. The maximum atomic E-state index is 13.3. The van der Waals surface area contributed by atoms with Gasteiger partial charge in [0.15, 0.2) is 0 Å². The molecule has 0 aromatic heterocycles. The first-order valence-electron chi connectivity index (χ1n) is 7.06. The Labute approximate surface area is 117 Å². The minimum Gasteiger partial charge on any atom is -0.326 e. The van der Waals surface area contributed by atoms with E-state index in [0.29, 0.717) is 19.5 Å². The average Bonchev–Trinajstić information content (AvgIpc) is 2.59. The minimum atomic E-state index is -4.28. The summed E-state index contributed by atoms with van der Waals surface area (Å²) >= 11 is 0. The van der Waals surface area contributed by atoms with Gasteiger partial charge in [-0.3, -0.25) is 4.90 Å². The standard InChI is InChI=1S/C15H21F3N2/c1-2-13(19)14(15(16,17)18)20-9-5-8-11-6-3-4-7-12(11)10-20/h3-4,6-7,13-14H,2,5,8-10,19H2,1H3. The number of alkyl halides is 3. The highest BCUT2D eigenvalue weighted by molar-refractivity contribution is 5.28. The summed E-state index contributed by atoms with van der Waals surface area (Å²) in [6, 6.07) is 5.30. The van der Waals surface area contributed by atoms with Gasteiger partial charge >= 0.3 is 6.18 Å². The van der Waals surface area contributed by atoms with Crippen LogP contribution in [0.3, 0.4) is 0 Å². The van der Waals surface area contributed by atoms with Gasteiger partial charge < -0.3 is 5.73 Å². The molecule has 20 heavy (non-hydrogen) atoms. The van der Waals surface area contributed by atoms with Gasteiger partial charge in [0.05, 0.1) is 0 Å². The molecule has 1 heterocycles. The van der Waals surface area contributed by atoms with E-state index in [2.05, 4.69) is 0 Å². The second-order valence-electron chi connectivity index (χ2n) is 5.40. The SMILES string of the molecule is CCC(N)C(N1CCCc2ccccc2C1)C(F)(F)F. The predicted octanol–water partition coefficient (Wildman–Crippen LogP) is 3.10. The van der Waals surface area contributed by atoms with Crippen LogP contribution in [0.4, 0.5) is 13.2 Å². The Morgan fingerprint density at radius 2 is 1.90 bits per heavy atom. The number of fused-ring (bicyclic) bond motifs is 1. The second kappa shape index (κ2) is 6.14. The summed E-state index contributed by atoms with van der Waals surface area (Å²) in [5.41, 5.74) is 7.89. The molecule has 0 fully saturated rings. The molecule has 0 bridgehead atoms. The van der Waals surface area contributed by atoms with E-state index < -0.39 is 18.3 Å². The maximum absolute atomic E-state index is 13.3. The number of nitrogens with zero attached hydrogens (tertiary/aromatic N) is 1. The molecule has 2 N–H and O–H groups in total.